The Labute approximate surface area is 139 Å². The summed E-state index contributed by atoms with van der Waals surface area (Å²) in [6.45, 7) is 2.19. The van der Waals surface area contributed by atoms with Crippen molar-refractivity contribution in [3.63, 3.8) is 0 Å². The molecule has 23 heavy (non-hydrogen) atoms. The molecule has 4 aliphatic carbocycles. The fraction of sp³-hybridized carbons (Fsp3) is 0.762. The van der Waals surface area contributed by atoms with Gasteiger partial charge in [0.2, 0.25) is 0 Å². The molecule has 3 saturated carbocycles. The van der Waals surface area contributed by atoms with Gasteiger partial charge in [-0.05, 0) is 74.2 Å². The van der Waals surface area contributed by atoms with Gasteiger partial charge in [0.1, 0.15) is 11.4 Å². The summed E-state index contributed by atoms with van der Waals surface area (Å²) in [6, 6.07) is 0. The van der Waals surface area contributed by atoms with Crippen LogP contribution in [0, 0.1) is 47.3 Å². The average molecular weight is 312 g/mol. The third kappa shape index (κ3) is 1.96. The van der Waals surface area contributed by atoms with Gasteiger partial charge < -0.3 is 5.11 Å². The first kappa shape index (κ1) is 15.5. The maximum atomic E-state index is 11.8. The molecule has 7 atom stereocenters. The van der Waals surface area contributed by atoms with Crippen molar-refractivity contribution in [2.45, 2.75) is 63.9 Å². The Morgan fingerprint density at radius 2 is 2.09 bits per heavy atom. The van der Waals surface area contributed by atoms with Gasteiger partial charge in [-0.25, -0.2) is 0 Å². The number of Topliss-reactive ketones (excluding diaryl/α,β-unsaturated/α-hetero) is 1. The first-order valence-corrected chi connectivity index (χ1v) is 9.46. The molecule has 4 aliphatic rings. The molecule has 4 rings (SSSR count). The molecule has 0 aromatic rings. The van der Waals surface area contributed by atoms with Gasteiger partial charge >= 0.3 is 0 Å². The van der Waals surface area contributed by atoms with E-state index in [0.29, 0.717) is 23.5 Å². The summed E-state index contributed by atoms with van der Waals surface area (Å²) in [5.74, 6) is 6.35. The molecule has 2 nitrogen and oxygen atoms in total. The fourth-order valence-electron chi connectivity index (χ4n) is 6.86. The number of rotatable bonds is 1. The second-order valence-corrected chi connectivity index (χ2v) is 8.45. The minimum absolute atomic E-state index is 0.153. The van der Waals surface area contributed by atoms with Gasteiger partial charge in [0.15, 0.2) is 0 Å². The van der Waals surface area contributed by atoms with E-state index in [9.17, 15) is 9.90 Å². The molecule has 0 aromatic carbocycles. The van der Waals surface area contributed by atoms with Crippen LogP contribution in [-0.4, -0.2) is 16.5 Å². The van der Waals surface area contributed by atoms with Crippen LogP contribution in [-0.2, 0) is 4.79 Å². The molecule has 0 heterocycles. The van der Waals surface area contributed by atoms with E-state index in [4.69, 9.17) is 6.42 Å². The number of hydrogen-bond acceptors (Lipinski definition) is 2. The molecular formula is C21H28O2. The monoisotopic (exact) mass is 312 g/mol. The Hall–Kier alpha value is -1.07. The number of carbonyl (C=O) groups excluding carboxylic acids is 1. The summed E-state index contributed by atoms with van der Waals surface area (Å²) in [7, 11) is 0. The van der Waals surface area contributed by atoms with Crippen molar-refractivity contribution in [3.8, 4) is 12.3 Å². The van der Waals surface area contributed by atoms with Crippen molar-refractivity contribution in [2.75, 3.05) is 0 Å². The van der Waals surface area contributed by atoms with Crippen LogP contribution in [0.25, 0.3) is 0 Å². The van der Waals surface area contributed by atoms with Crippen LogP contribution in [0.5, 0.6) is 0 Å². The van der Waals surface area contributed by atoms with E-state index in [1.165, 1.54) is 19.3 Å². The topological polar surface area (TPSA) is 37.3 Å². The number of hydrogen-bond donors (Lipinski definition) is 1. The van der Waals surface area contributed by atoms with E-state index in [1.807, 2.05) is 6.08 Å². The Balaban J connectivity index is 1.64. The van der Waals surface area contributed by atoms with Crippen LogP contribution in [0.2, 0.25) is 0 Å². The molecule has 1 N–H and O–H groups in total. The zero-order valence-electron chi connectivity index (χ0n) is 14.1. The quantitative estimate of drug-likeness (QED) is 0.591. The van der Waals surface area contributed by atoms with Crippen LogP contribution in [0.4, 0.5) is 0 Å². The summed E-state index contributed by atoms with van der Waals surface area (Å²) in [4.78, 5) is 11.8. The minimum atomic E-state index is -1.06. The normalized spacial score (nSPS) is 51.5. The highest BCUT2D eigenvalue weighted by Gasteiger charge is 2.61. The lowest BCUT2D eigenvalue weighted by Crippen LogP contribution is -2.55. The first-order chi connectivity index (χ1) is 11.0. The minimum Gasteiger partial charge on any atom is -0.373 e. The van der Waals surface area contributed by atoms with E-state index in [-0.39, 0.29) is 5.41 Å². The van der Waals surface area contributed by atoms with E-state index in [2.05, 4.69) is 18.9 Å². The van der Waals surface area contributed by atoms with E-state index >= 15 is 0 Å². The molecule has 2 heteroatoms. The zero-order chi connectivity index (χ0) is 16.2. The van der Waals surface area contributed by atoms with Crippen LogP contribution < -0.4 is 0 Å². The van der Waals surface area contributed by atoms with Crippen molar-refractivity contribution < 1.29 is 9.90 Å². The predicted octanol–water partition coefficient (Wildman–Crippen LogP) is 3.74. The van der Waals surface area contributed by atoms with Gasteiger partial charge in [0, 0.05) is 18.3 Å². The standard InChI is InChI=1S/C21H28O2/c1-3-20-11-9-17-16-8-6-15(22)13-14(16)5-7-18(17)19(20)10-12-21(20,23)4-2/h2,10,12,14,16-19,23H,3,5-9,11,13H2,1H3/t14-,16-,17+,18+,19-,20-,21-/m0/s1. The van der Waals surface area contributed by atoms with Crippen molar-refractivity contribution in [2.24, 2.45) is 35.0 Å². The van der Waals surface area contributed by atoms with E-state index in [0.717, 1.165) is 43.9 Å². The molecule has 0 aromatic heterocycles. The maximum Gasteiger partial charge on any atom is 0.149 e. The Morgan fingerprint density at radius 3 is 2.83 bits per heavy atom. The van der Waals surface area contributed by atoms with E-state index in [1.54, 1.807) is 0 Å². The Morgan fingerprint density at radius 1 is 1.26 bits per heavy atom. The van der Waals surface area contributed by atoms with Crippen molar-refractivity contribution in [1.29, 1.82) is 0 Å². The molecule has 0 bridgehead atoms. The van der Waals surface area contributed by atoms with Crippen LogP contribution >= 0.6 is 0 Å². The fourth-order valence-corrected chi connectivity index (χ4v) is 6.86. The summed E-state index contributed by atoms with van der Waals surface area (Å²) in [6.07, 6.45) is 18.2. The molecular weight excluding hydrogens is 284 g/mol. The summed E-state index contributed by atoms with van der Waals surface area (Å²) < 4.78 is 0. The third-order valence-corrected chi connectivity index (χ3v) is 8.00. The molecule has 0 radical (unpaired) electrons. The highest BCUT2D eigenvalue weighted by molar-refractivity contribution is 5.79. The summed E-state index contributed by atoms with van der Waals surface area (Å²) in [5.41, 5.74) is -1.21. The average Bonchev–Trinajstić information content (AvgIpc) is 2.88. The second kappa shape index (κ2) is 5.21. The summed E-state index contributed by atoms with van der Waals surface area (Å²) >= 11 is 0. The van der Waals surface area contributed by atoms with Gasteiger partial charge in [0.25, 0.3) is 0 Å². The number of aliphatic hydroxyl groups is 1. The molecule has 0 spiro atoms. The molecule has 0 aliphatic heterocycles. The SMILES string of the molecule is C#C[C@]1(O)C=C[C@H]2[C@@H]3CC[C@H]4CC(=O)CC[C@@H]4[C@H]3CC[C@@]21CC. The Kier molecular flexibility index (Phi) is 3.50. The lowest BCUT2D eigenvalue weighted by atomic mass is 9.48. The first-order valence-electron chi connectivity index (χ1n) is 9.46. The summed E-state index contributed by atoms with van der Waals surface area (Å²) in [5, 5.41) is 11.0. The lowest BCUT2D eigenvalue weighted by molar-refractivity contribution is -0.130. The number of fused-ring (bicyclic) bond motifs is 5. The zero-order valence-corrected chi connectivity index (χ0v) is 14.1. The predicted molar refractivity (Wildman–Crippen MR) is 90.4 cm³/mol. The van der Waals surface area contributed by atoms with E-state index < -0.39 is 5.60 Å². The van der Waals surface area contributed by atoms with Gasteiger partial charge in [0.05, 0.1) is 0 Å². The smallest absolute Gasteiger partial charge is 0.149 e. The highest BCUT2D eigenvalue weighted by atomic mass is 16.3. The lowest BCUT2D eigenvalue weighted by Gasteiger charge is -2.57. The van der Waals surface area contributed by atoms with Gasteiger partial charge in [-0.1, -0.05) is 18.9 Å². The number of ketones is 1. The van der Waals surface area contributed by atoms with Crippen molar-refractivity contribution >= 4 is 5.78 Å². The molecule has 124 valence electrons. The highest BCUT2D eigenvalue weighted by Crippen LogP contribution is 2.64. The molecule has 0 amide bonds. The van der Waals surface area contributed by atoms with Crippen molar-refractivity contribution in [3.05, 3.63) is 12.2 Å². The van der Waals surface area contributed by atoms with Crippen LogP contribution in [0.3, 0.4) is 0 Å². The number of terminal acetylenes is 1. The largest absolute Gasteiger partial charge is 0.373 e. The van der Waals surface area contributed by atoms with Crippen molar-refractivity contribution in [1.82, 2.24) is 0 Å². The molecule has 0 unspecified atom stereocenters. The van der Waals surface area contributed by atoms with Crippen LogP contribution in [0.1, 0.15) is 58.3 Å². The molecule has 0 saturated heterocycles. The third-order valence-electron chi connectivity index (χ3n) is 8.00. The number of allylic oxidation sites excluding steroid dienone is 1. The van der Waals surface area contributed by atoms with Crippen LogP contribution in [0.15, 0.2) is 12.2 Å². The van der Waals surface area contributed by atoms with Gasteiger partial charge in [-0.3, -0.25) is 4.79 Å². The number of carbonyl (C=O) groups is 1. The van der Waals surface area contributed by atoms with Gasteiger partial charge in [-0.2, -0.15) is 0 Å². The Bertz CT molecular complexity index is 585. The second-order valence-electron chi connectivity index (χ2n) is 8.45. The van der Waals surface area contributed by atoms with Gasteiger partial charge in [-0.15, -0.1) is 6.42 Å². The maximum absolute atomic E-state index is 11.8. The molecule has 3 fully saturated rings.